The third kappa shape index (κ3) is 2.26. The van der Waals surface area contributed by atoms with Crippen molar-refractivity contribution in [1.82, 2.24) is 29.4 Å². The van der Waals surface area contributed by atoms with Crippen molar-refractivity contribution in [3.63, 3.8) is 0 Å². The molecule has 0 fully saturated rings. The third-order valence-corrected chi connectivity index (χ3v) is 4.58. The van der Waals surface area contributed by atoms with Crippen LogP contribution >= 0.6 is 0 Å². The number of ether oxygens (including phenoxy) is 1. The van der Waals surface area contributed by atoms with Gasteiger partial charge >= 0.3 is 5.97 Å². The lowest BCUT2D eigenvalue weighted by atomic mass is 10.1. The predicted molar refractivity (Wildman–Crippen MR) is 96.0 cm³/mol. The first-order valence-electron chi connectivity index (χ1n) is 8.15. The van der Waals surface area contributed by atoms with Crippen LogP contribution in [0.25, 0.3) is 27.9 Å². The van der Waals surface area contributed by atoms with Gasteiger partial charge in [0.2, 0.25) is 0 Å². The molecule has 132 valence electrons. The molecule has 8 nitrogen and oxygen atoms in total. The first kappa shape index (κ1) is 16.2. The van der Waals surface area contributed by atoms with Crippen molar-refractivity contribution in [3.8, 4) is 11.3 Å². The van der Waals surface area contributed by atoms with Gasteiger partial charge in [-0.05, 0) is 38.5 Å². The molecule has 4 rings (SSSR count). The number of aromatic nitrogens is 6. The standard InChI is InChI=1S/C18H18N6O2/c1-9-6-10(2)20-16-15(9)17-21-13(12-8-19-23(4)11(12)3)7-14(18(25)26-5)24(17)22-16/h6-8H,1-5H3. The second-order valence-electron chi connectivity index (χ2n) is 6.30. The van der Waals surface area contributed by atoms with E-state index in [1.165, 1.54) is 11.6 Å². The van der Waals surface area contributed by atoms with E-state index >= 15 is 0 Å². The number of hydrogen-bond donors (Lipinski definition) is 0. The van der Waals surface area contributed by atoms with E-state index < -0.39 is 5.97 Å². The normalized spacial score (nSPS) is 11.4. The molecule has 0 saturated heterocycles. The minimum atomic E-state index is -0.484. The predicted octanol–water partition coefficient (Wildman–Crippen LogP) is 2.39. The SMILES string of the molecule is COC(=O)c1cc(-c2cnn(C)c2C)nc2c3c(C)cc(C)nc3nn12. The molecule has 0 radical (unpaired) electrons. The first-order valence-corrected chi connectivity index (χ1v) is 8.15. The van der Waals surface area contributed by atoms with Crippen molar-refractivity contribution < 1.29 is 9.53 Å². The number of rotatable bonds is 2. The number of carbonyl (C=O) groups excluding carboxylic acids is 1. The summed E-state index contributed by atoms with van der Waals surface area (Å²) in [6.45, 7) is 5.85. The molecular weight excluding hydrogens is 332 g/mol. The van der Waals surface area contributed by atoms with Crippen molar-refractivity contribution in [2.45, 2.75) is 20.8 Å². The Kier molecular flexibility index (Phi) is 3.50. The highest BCUT2D eigenvalue weighted by Crippen LogP contribution is 2.27. The summed E-state index contributed by atoms with van der Waals surface area (Å²) >= 11 is 0. The molecule has 0 aliphatic heterocycles. The maximum Gasteiger partial charge on any atom is 0.356 e. The lowest BCUT2D eigenvalue weighted by Gasteiger charge is -2.07. The number of carbonyl (C=O) groups is 1. The van der Waals surface area contributed by atoms with E-state index in [-0.39, 0.29) is 0 Å². The second kappa shape index (κ2) is 5.62. The summed E-state index contributed by atoms with van der Waals surface area (Å²) in [5.41, 5.74) is 5.74. The highest BCUT2D eigenvalue weighted by Gasteiger charge is 2.21. The monoisotopic (exact) mass is 350 g/mol. The van der Waals surface area contributed by atoms with Gasteiger partial charge in [0, 0.05) is 24.0 Å². The second-order valence-corrected chi connectivity index (χ2v) is 6.30. The lowest BCUT2D eigenvalue weighted by molar-refractivity contribution is 0.0591. The Labute approximate surface area is 149 Å². The molecular formula is C18H18N6O2. The maximum atomic E-state index is 12.4. The number of hydrogen-bond acceptors (Lipinski definition) is 6. The number of pyridine rings is 1. The summed E-state index contributed by atoms with van der Waals surface area (Å²) in [5.74, 6) is -0.484. The van der Waals surface area contributed by atoms with E-state index in [0.717, 1.165) is 27.9 Å². The van der Waals surface area contributed by atoms with Crippen LogP contribution in [-0.2, 0) is 11.8 Å². The van der Waals surface area contributed by atoms with Crippen molar-refractivity contribution in [2.75, 3.05) is 7.11 Å². The van der Waals surface area contributed by atoms with E-state index in [0.29, 0.717) is 22.7 Å². The van der Waals surface area contributed by atoms with Crippen molar-refractivity contribution in [1.29, 1.82) is 0 Å². The Morgan fingerprint density at radius 1 is 1.15 bits per heavy atom. The minimum absolute atomic E-state index is 0.297. The molecule has 0 aliphatic carbocycles. The Morgan fingerprint density at radius 3 is 2.58 bits per heavy atom. The number of esters is 1. The fraction of sp³-hybridized carbons (Fsp3) is 0.278. The van der Waals surface area contributed by atoms with Gasteiger partial charge in [0.25, 0.3) is 0 Å². The third-order valence-electron chi connectivity index (χ3n) is 4.58. The molecule has 4 aromatic rings. The fourth-order valence-corrected chi connectivity index (χ4v) is 3.16. The van der Waals surface area contributed by atoms with E-state index in [1.807, 2.05) is 33.9 Å². The Hall–Kier alpha value is -3.29. The highest BCUT2D eigenvalue weighted by molar-refractivity contribution is 5.97. The first-order chi connectivity index (χ1) is 12.4. The Morgan fingerprint density at radius 2 is 1.92 bits per heavy atom. The summed E-state index contributed by atoms with van der Waals surface area (Å²) in [7, 11) is 3.21. The van der Waals surface area contributed by atoms with Gasteiger partial charge in [-0.3, -0.25) is 4.68 Å². The van der Waals surface area contributed by atoms with Crippen molar-refractivity contribution in [3.05, 3.63) is 41.0 Å². The summed E-state index contributed by atoms with van der Waals surface area (Å²) in [5, 5.41) is 9.59. The van der Waals surface area contributed by atoms with E-state index in [1.54, 1.807) is 16.9 Å². The van der Waals surface area contributed by atoms with Gasteiger partial charge in [-0.2, -0.15) is 5.10 Å². The molecule has 0 spiro atoms. The van der Waals surface area contributed by atoms with Crippen LogP contribution in [0.15, 0.2) is 18.3 Å². The minimum Gasteiger partial charge on any atom is -0.464 e. The summed E-state index contributed by atoms with van der Waals surface area (Å²) in [6, 6.07) is 3.66. The van der Waals surface area contributed by atoms with Crippen LogP contribution in [0.2, 0.25) is 0 Å². The Balaban J connectivity index is 2.14. The van der Waals surface area contributed by atoms with Crippen LogP contribution in [0, 0.1) is 20.8 Å². The van der Waals surface area contributed by atoms with Crippen LogP contribution in [0.3, 0.4) is 0 Å². The zero-order valence-corrected chi connectivity index (χ0v) is 15.2. The van der Waals surface area contributed by atoms with E-state index in [9.17, 15) is 4.79 Å². The fourth-order valence-electron chi connectivity index (χ4n) is 3.16. The summed E-state index contributed by atoms with van der Waals surface area (Å²) in [4.78, 5) is 21.6. The summed E-state index contributed by atoms with van der Waals surface area (Å²) in [6.07, 6.45) is 1.74. The van der Waals surface area contributed by atoms with Crippen LogP contribution < -0.4 is 0 Å². The van der Waals surface area contributed by atoms with Crippen LogP contribution in [0.5, 0.6) is 0 Å². The molecule has 0 atom stereocenters. The molecule has 0 N–H and O–H groups in total. The van der Waals surface area contributed by atoms with Crippen LogP contribution in [-0.4, -0.2) is 42.4 Å². The zero-order chi connectivity index (χ0) is 18.6. The van der Waals surface area contributed by atoms with Gasteiger partial charge in [-0.15, -0.1) is 5.10 Å². The lowest BCUT2D eigenvalue weighted by Crippen LogP contribution is -2.10. The smallest absolute Gasteiger partial charge is 0.356 e. The topological polar surface area (TPSA) is 87.2 Å². The van der Waals surface area contributed by atoms with Gasteiger partial charge in [-0.1, -0.05) is 0 Å². The van der Waals surface area contributed by atoms with Crippen LogP contribution in [0.4, 0.5) is 0 Å². The highest BCUT2D eigenvalue weighted by atomic mass is 16.5. The molecule has 26 heavy (non-hydrogen) atoms. The average Bonchev–Trinajstić information content (AvgIpc) is 3.13. The average molecular weight is 350 g/mol. The molecule has 4 heterocycles. The quantitative estimate of drug-likeness (QED) is 0.516. The summed E-state index contributed by atoms with van der Waals surface area (Å²) < 4.78 is 8.22. The molecule has 0 unspecified atom stereocenters. The molecule has 0 aromatic carbocycles. The largest absolute Gasteiger partial charge is 0.464 e. The number of methoxy groups -OCH3 is 1. The zero-order valence-electron chi connectivity index (χ0n) is 15.2. The molecule has 0 bridgehead atoms. The van der Waals surface area contributed by atoms with E-state index in [2.05, 4.69) is 15.2 Å². The van der Waals surface area contributed by atoms with Gasteiger partial charge in [0.15, 0.2) is 17.0 Å². The van der Waals surface area contributed by atoms with Gasteiger partial charge in [-0.25, -0.2) is 19.3 Å². The van der Waals surface area contributed by atoms with Gasteiger partial charge < -0.3 is 4.74 Å². The molecule has 0 saturated carbocycles. The molecule has 8 heteroatoms. The number of nitrogens with zero attached hydrogens (tertiary/aromatic N) is 6. The number of fused-ring (bicyclic) bond motifs is 3. The van der Waals surface area contributed by atoms with Gasteiger partial charge in [0.05, 0.1) is 24.4 Å². The Bertz CT molecular complexity index is 1190. The molecule has 0 aliphatic rings. The van der Waals surface area contributed by atoms with Gasteiger partial charge in [0.1, 0.15) is 0 Å². The van der Waals surface area contributed by atoms with Crippen LogP contribution in [0.1, 0.15) is 27.4 Å². The van der Waals surface area contributed by atoms with Crippen molar-refractivity contribution >= 4 is 22.6 Å². The molecule has 4 aromatic heterocycles. The van der Waals surface area contributed by atoms with Crippen molar-refractivity contribution in [2.24, 2.45) is 7.05 Å². The molecule has 0 amide bonds. The maximum absolute atomic E-state index is 12.4. The number of aryl methyl sites for hydroxylation is 3. The van der Waals surface area contributed by atoms with E-state index in [4.69, 9.17) is 9.72 Å².